The molecule has 1 amide bonds. The van der Waals surface area contributed by atoms with Gasteiger partial charge in [-0.05, 0) is 49.4 Å². The molecule has 0 radical (unpaired) electrons. The molecule has 3 N–H and O–H groups in total. The van der Waals surface area contributed by atoms with E-state index in [-0.39, 0.29) is 23.9 Å². The summed E-state index contributed by atoms with van der Waals surface area (Å²) in [6.45, 7) is 1.84. The molecular weight excluding hydrogens is 461 g/mol. The number of hydrogen-bond donors (Lipinski definition) is 2. The Bertz CT molecular complexity index is 1370. The van der Waals surface area contributed by atoms with Crippen LogP contribution >= 0.6 is 23.2 Å². The van der Waals surface area contributed by atoms with Gasteiger partial charge in [0.25, 0.3) is 5.91 Å². The Hall–Kier alpha value is -3.68. The number of benzene rings is 3. The Morgan fingerprint density at radius 1 is 0.939 bits per heavy atom. The largest absolute Gasteiger partial charge is 0.398 e. The van der Waals surface area contributed by atoms with Gasteiger partial charge >= 0.3 is 0 Å². The van der Waals surface area contributed by atoms with Crippen LogP contribution in [0.2, 0.25) is 10.0 Å². The monoisotopic (exact) mass is 479 g/mol. The van der Waals surface area contributed by atoms with Gasteiger partial charge in [0.1, 0.15) is 5.82 Å². The van der Waals surface area contributed by atoms with Crippen LogP contribution in [0.25, 0.3) is 5.69 Å². The fourth-order valence-electron chi connectivity index (χ4n) is 3.48. The smallest absolute Gasteiger partial charge is 0.253 e. The average Bonchev–Trinajstić information content (AvgIpc) is 3.17. The zero-order valence-corrected chi connectivity index (χ0v) is 19.1. The van der Waals surface area contributed by atoms with E-state index in [0.29, 0.717) is 44.1 Å². The summed E-state index contributed by atoms with van der Waals surface area (Å²) in [6.07, 6.45) is 0. The predicted octanol–water partition coefficient (Wildman–Crippen LogP) is 4.63. The molecule has 0 atom stereocenters. The number of amides is 1. The number of nitrogen functional groups attached to an aromatic ring is 1. The Balaban J connectivity index is 1.66. The zero-order valence-electron chi connectivity index (χ0n) is 17.5. The molecule has 0 aliphatic carbocycles. The second-order valence-electron chi connectivity index (χ2n) is 7.24. The van der Waals surface area contributed by atoms with Crippen LogP contribution in [0.5, 0.6) is 0 Å². The van der Waals surface area contributed by atoms with Crippen LogP contribution in [0.15, 0.2) is 66.7 Å². The minimum atomic E-state index is -0.378. The van der Waals surface area contributed by atoms with E-state index in [0.717, 1.165) is 0 Å². The van der Waals surface area contributed by atoms with Gasteiger partial charge in [0.15, 0.2) is 11.6 Å². The van der Waals surface area contributed by atoms with Gasteiger partial charge in [-0.15, -0.1) is 10.2 Å². The normalized spacial score (nSPS) is 10.8. The molecule has 1 heterocycles. The molecule has 166 valence electrons. The summed E-state index contributed by atoms with van der Waals surface area (Å²) >= 11 is 12.2. The van der Waals surface area contributed by atoms with Crippen molar-refractivity contribution >= 4 is 40.6 Å². The maximum absolute atomic E-state index is 13.3. The number of carbonyl (C=O) groups excluding carboxylic acids is 2. The standard InChI is InChI=1S/C24H19Cl2N5O2/c1-14-29-30-22(13-28-24(33)17-11-10-15(25)12-20(17)27)31(14)21-9-5-3-7-18(21)23(32)16-6-2-4-8-19(16)26/h2-12H,13,27H2,1H3,(H,28,33). The number of para-hydroxylation sites is 1. The molecule has 33 heavy (non-hydrogen) atoms. The molecule has 4 rings (SSSR count). The van der Waals surface area contributed by atoms with Gasteiger partial charge in [-0.3, -0.25) is 14.2 Å². The molecule has 9 heteroatoms. The number of rotatable bonds is 6. The summed E-state index contributed by atoms with van der Waals surface area (Å²) in [4.78, 5) is 25.9. The van der Waals surface area contributed by atoms with Crippen LogP contribution in [-0.2, 0) is 6.54 Å². The second kappa shape index (κ2) is 9.44. The summed E-state index contributed by atoms with van der Waals surface area (Å²) in [7, 11) is 0. The number of carbonyl (C=O) groups is 2. The zero-order chi connectivity index (χ0) is 23.5. The number of aromatic nitrogens is 3. The number of ketones is 1. The average molecular weight is 480 g/mol. The van der Waals surface area contributed by atoms with Gasteiger partial charge in [-0.2, -0.15) is 0 Å². The quantitative estimate of drug-likeness (QED) is 0.310. The van der Waals surface area contributed by atoms with Gasteiger partial charge in [0, 0.05) is 21.8 Å². The van der Waals surface area contributed by atoms with E-state index < -0.39 is 0 Å². The lowest BCUT2D eigenvalue weighted by Gasteiger charge is -2.14. The third-order valence-corrected chi connectivity index (χ3v) is 5.63. The number of halogens is 2. The van der Waals surface area contributed by atoms with Gasteiger partial charge in [0.2, 0.25) is 0 Å². The van der Waals surface area contributed by atoms with Crippen LogP contribution in [0.3, 0.4) is 0 Å². The van der Waals surface area contributed by atoms with Crippen molar-refractivity contribution in [1.82, 2.24) is 20.1 Å². The van der Waals surface area contributed by atoms with Crippen molar-refractivity contribution in [3.63, 3.8) is 0 Å². The van der Waals surface area contributed by atoms with E-state index in [2.05, 4.69) is 15.5 Å². The molecule has 0 bridgehead atoms. The fraction of sp³-hybridized carbons (Fsp3) is 0.0833. The molecule has 0 aliphatic rings. The predicted molar refractivity (Wildman–Crippen MR) is 128 cm³/mol. The lowest BCUT2D eigenvalue weighted by Crippen LogP contribution is -2.25. The van der Waals surface area contributed by atoms with Crippen molar-refractivity contribution in [3.8, 4) is 5.69 Å². The van der Waals surface area contributed by atoms with Gasteiger partial charge in [-0.1, -0.05) is 47.5 Å². The molecule has 0 unspecified atom stereocenters. The Morgan fingerprint density at radius 2 is 1.64 bits per heavy atom. The Morgan fingerprint density at radius 3 is 2.36 bits per heavy atom. The molecule has 0 aliphatic heterocycles. The lowest BCUT2D eigenvalue weighted by molar-refractivity contribution is 0.0949. The number of nitrogens with zero attached hydrogens (tertiary/aromatic N) is 3. The van der Waals surface area contributed by atoms with Crippen molar-refractivity contribution in [2.45, 2.75) is 13.5 Å². The topological polar surface area (TPSA) is 103 Å². The van der Waals surface area contributed by atoms with Crippen molar-refractivity contribution < 1.29 is 9.59 Å². The van der Waals surface area contributed by atoms with Crippen LogP contribution in [-0.4, -0.2) is 26.5 Å². The molecule has 4 aromatic rings. The summed E-state index contributed by atoms with van der Waals surface area (Å²) < 4.78 is 1.73. The van der Waals surface area contributed by atoms with Crippen molar-refractivity contribution in [3.05, 3.63) is 105 Å². The lowest BCUT2D eigenvalue weighted by atomic mass is 10.0. The molecule has 0 saturated heterocycles. The van der Waals surface area contributed by atoms with Crippen molar-refractivity contribution in [2.75, 3.05) is 5.73 Å². The first-order chi connectivity index (χ1) is 15.9. The summed E-state index contributed by atoms with van der Waals surface area (Å²) in [5, 5.41) is 11.9. The number of hydrogen-bond acceptors (Lipinski definition) is 5. The minimum Gasteiger partial charge on any atom is -0.398 e. The number of anilines is 1. The first-order valence-electron chi connectivity index (χ1n) is 9.99. The summed E-state index contributed by atoms with van der Waals surface area (Å²) in [5.74, 6) is 0.405. The molecular formula is C24H19Cl2N5O2. The summed E-state index contributed by atoms with van der Waals surface area (Å²) in [6, 6.07) is 18.6. The number of aryl methyl sites for hydroxylation is 1. The van der Waals surface area contributed by atoms with Crippen LogP contribution in [0.1, 0.15) is 37.9 Å². The highest BCUT2D eigenvalue weighted by atomic mass is 35.5. The first-order valence-corrected chi connectivity index (χ1v) is 10.7. The first kappa shape index (κ1) is 22.5. The van der Waals surface area contributed by atoms with E-state index in [1.807, 2.05) is 6.07 Å². The third-order valence-electron chi connectivity index (χ3n) is 5.07. The maximum atomic E-state index is 13.3. The molecule has 0 saturated carbocycles. The molecule has 0 spiro atoms. The number of nitrogens with one attached hydrogen (secondary N) is 1. The molecule has 1 aromatic heterocycles. The van der Waals surface area contributed by atoms with Crippen LogP contribution in [0, 0.1) is 6.92 Å². The van der Waals surface area contributed by atoms with Crippen LogP contribution in [0.4, 0.5) is 5.69 Å². The Labute approximate surface area is 200 Å². The number of nitrogens with two attached hydrogens (primary N) is 1. The SMILES string of the molecule is Cc1nnc(CNC(=O)c2ccc(Cl)cc2N)n1-c1ccccc1C(=O)c1ccccc1Cl. The van der Waals surface area contributed by atoms with Gasteiger partial charge in [-0.25, -0.2) is 0 Å². The molecule has 7 nitrogen and oxygen atoms in total. The fourth-order valence-corrected chi connectivity index (χ4v) is 3.88. The minimum absolute atomic E-state index is 0.0658. The Kier molecular flexibility index (Phi) is 6.44. The molecule has 0 fully saturated rings. The molecule has 3 aromatic carbocycles. The van der Waals surface area contributed by atoms with Gasteiger partial charge in [0.05, 0.1) is 22.8 Å². The van der Waals surface area contributed by atoms with E-state index in [4.69, 9.17) is 28.9 Å². The maximum Gasteiger partial charge on any atom is 0.253 e. The second-order valence-corrected chi connectivity index (χ2v) is 8.08. The third kappa shape index (κ3) is 4.60. The summed E-state index contributed by atoms with van der Waals surface area (Å²) in [5.41, 5.74) is 7.89. The highest BCUT2D eigenvalue weighted by Gasteiger charge is 2.21. The highest BCUT2D eigenvalue weighted by molar-refractivity contribution is 6.35. The van der Waals surface area contributed by atoms with Crippen LogP contribution < -0.4 is 11.1 Å². The van der Waals surface area contributed by atoms with Crippen molar-refractivity contribution in [1.29, 1.82) is 0 Å². The van der Waals surface area contributed by atoms with E-state index in [1.54, 1.807) is 66.1 Å². The van der Waals surface area contributed by atoms with E-state index in [9.17, 15) is 9.59 Å². The van der Waals surface area contributed by atoms with Crippen molar-refractivity contribution in [2.24, 2.45) is 0 Å². The van der Waals surface area contributed by atoms with E-state index >= 15 is 0 Å². The van der Waals surface area contributed by atoms with Gasteiger partial charge < -0.3 is 11.1 Å². The highest BCUT2D eigenvalue weighted by Crippen LogP contribution is 2.25. The van der Waals surface area contributed by atoms with E-state index in [1.165, 1.54) is 6.07 Å².